The van der Waals surface area contributed by atoms with Crippen molar-refractivity contribution in [3.05, 3.63) is 58.6 Å². The van der Waals surface area contributed by atoms with Gasteiger partial charge in [-0.2, -0.15) is 0 Å². The molecule has 0 aliphatic carbocycles. The minimum absolute atomic E-state index is 0.221. The summed E-state index contributed by atoms with van der Waals surface area (Å²) in [6, 6.07) is 13.0. The van der Waals surface area contributed by atoms with E-state index >= 15 is 0 Å². The Hall–Kier alpha value is -2.24. The number of nitrogens with zero attached hydrogens (tertiary/aromatic N) is 1. The van der Waals surface area contributed by atoms with Crippen LogP contribution in [0.2, 0.25) is 10.0 Å². The summed E-state index contributed by atoms with van der Waals surface area (Å²) in [5.41, 5.74) is 1.21. The van der Waals surface area contributed by atoms with Crippen LogP contribution in [-0.4, -0.2) is 29.4 Å². The quantitative estimate of drug-likeness (QED) is 0.818. The van der Waals surface area contributed by atoms with Crippen LogP contribution >= 0.6 is 23.2 Å². The molecule has 1 atom stereocenters. The summed E-state index contributed by atoms with van der Waals surface area (Å²) >= 11 is 11.9. The van der Waals surface area contributed by atoms with Crippen LogP contribution in [0.25, 0.3) is 0 Å². The van der Waals surface area contributed by atoms with Crippen molar-refractivity contribution in [3.63, 3.8) is 0 Å². The molecular formula is C18H17Cl2N3O2. The molecule has 2 aromatic carbocycles. The lowest BCUT2D eigenvalue weighted by molar-refractivity contribution is -0.119. The molecule has 0 unspecified atom stereocenters. The van der Waals surface area contributed by atoms with Gasteiger partial charge in [-0.1, -0.05) is 35.3 Å². The van der Waals surface area contributed by atoms with E-state index in [4.69, 9.17) is 23.2 Å². The van der Waals surface area contributed by atoms with E-state index in [-0.39, 0.29) is 11.9 Å². The summed E-state index contributed by atoms with van der Waals surface area (Å²) in [5, 5.41) is 6.68. The molecule has 3 rings (SSSR count). The average Bonchev–Trinajstić information content (AvgIpc) is 3.04. The summed E-state index contributed by atoms with van der Waals surface area (Å²) in [5.74, 6) is -0.221. The Morgan fingerprint density at radius 1 is 0.960 bits per heavy atom. The van der Waals surface area contributed by atoms with E-state index in [0.717, 1.165) is 6.42 Å². The molecule has 1 aliphatic heterocycles. The van der Waals surface area contributed by atoms with Crippen LogP contribution in [0, 0.1) is 0 Å². The molecule has 1 aliphatic rings. The number of carbonyl (C=O) groups is 2. The maximum absolute atomic E-state index is 12.6. The van der Waals surface area contributed by atoms with E-state index in [0.29, 0.717) is 34.4 Å². The van der Waals surface area contributed by atoms with E-state index in [1.165, 1.54) is 0 Å². The molecule has 0 bridgehead atoms. The first-order valence-electron chi connectivity index (χ1n) is 7.92. The lowest BCUT2D eigenvalue weighted by Gasteiger charge is -2.24. The van der Waals surface area contributed by atoms with Crippen LogP contribution in [0.5, 0.6) is 0 Å². The third-order valence-corrected chi connectivity index (χ3v) is 4.45. The average molecular weight is 378 g/mol. The number of carbonyl (C=O) groups excluding carboxylic acids is 2. The maximum atomic E-state index is 12.6. The highest BCUT2D eigenvalue weighted by Crippen LogP contribution is 2.22. The summed E-state index contributed by atoms with van der Waals surface area (Å²) < 4.78 is 0. The largest absolute Gasteiger partial charge is 0.324 e. The Labute approximate surface area is 155 Å². The fourth-order valence-electron chi connectivity index (χ4n) is 2.84. The molecule has 1 fully saturated rings. The highest BCUT2D eigenvalue weighted by atomic mass is 35.5. The first-order chi connectivity index (χ1) is 12.0. The summed E-state index contributed by atoms with van der Waals surface area (Å²) in [6.07, 6.45) is 1.39. The Bertz CT molecular complexity index is 732. The van der Waals surface area contributed by atoms with Crippen LogP contribution in [0.1, 0.15) is 12.8 Å². The summed E-state index contributed by atoms with van der Waals surface area (Å²) in [7, 11) is 0. The normalized spacial score (nSPS) is 16.6. The Morgan fingerprint density at radius 2 is 1.56 bits per heavy atom. The minimum Gasteiger partial charge on any atom is -0.324 e. The molecule has 0 spiro atoms. The molecule has 7 heteroatoms. The fourth-order valence-corrected chi connectivity index (χ4v) is 3.22. The highest BCUT2D eigenvalue weighted by molar-refractivity contribution is 6.31. The molecule has 0 radical (unpaired) electrons. The van der Waals surface area contributed by atoms with Crippen molar-refractivity contribution >= 4 is 46.5 Å². The number of rotatable bonds is 3. The molecule has 5 nitrogen and oxygen atoms in total. The Morgan fingerprint density at radius 3 is 2.16 bits per heavy atom. The van der Waals surface area contributed by atoms with Gasteiger partial charge >= 0.3 is 6.03 Å². The lowest BCUT2D eigenvalue weighted by atomic mass is 10.2. The van der Waals surface area contributed by atoms with Gasteiger partial charge in [0.05, 0.1) is 0 Å². The number of amides is 3. The van der Waals surface area contributed by atoms with Crippen LogP contribution in [0.4, 0.5) is 16.2 Å². The van der Waals surface area contributed by atoms with Gasteiger partial charge in [0, 0.05) is 28.0 Å². The third kappa shape index (κ3) is 4.44. The zero-order chi connectivity index (χ0) is 17.8. The van der Waals surface area contributed by atoms with Crippen LogP contribution in [-0.2, 0) is 4.79 Å². The molecule has 1 saturated heterocycles. The number of hydrogen-bond donors (Lipinski definition) is 2. The molecule has 2 N–H and O–H groups in total. The zero-order valence-electron chi connectivity index (χ0n) is 13.3. The smallest absolute Gasteiger partial charge is 0.322 e. The fraction of sp³-hybridized carbons (Fsp3) is 0.222. The van der Waals surface area contributed by atoms with Gasteiger partial charge in [0.1, 0.15) is 6.04 Å². The van der Waals surface area contributed by atoms with Crippen LogP contribution in [0.3, 0.4) is 0 Å². The standard InChI is InChI=1S/C18H17Cl2N3O2/c19-12-4-1-6-14(10-12)21-17(24)16-8-3-9-23(16)18(25)22-15-7-2-5-13(20)11-15/h1-2,4-7,10-11,16H,3,8-9H2,(H,21,24)(H,22,25)/t16-/m0/s1. The lowest BCUT2D eigenvalue weighted by Crippen LogP contribution is -2.45. The second-order valence-corrected chi connectivity index (χ2v) is 6.66. The molecule has 0 aromatic heterocycles. The highest BCUT2D eigenvalue weighted by Gasteiger charge is 2.34. The van der Waals surface area contributed by atoms with E-state index in [1.54, 1.807) is 53.4 Å². The van der Waals surface area contributed by atoms with Gasteiger partial charge in [0.25, 0.3) is 0 Å². The SMILES string of the molecule is O=C(Nc1cccc(Cl)c1)[C@@H]1CCCN1C(=O)Nc1cccc(Cl)c1. The molecule has 1 heterocycles. The van der Waals surface area contributed by atoms with Crippen molar-refractivity contribution in [2.75, 3.05) is 17.2 Å². The van der Waals surface area contributed by atoms with E-state index in [9.17, 15) is 9.59 Å². The van der Waals surface area contributed by atoms with Crippen molar-refractivity contribution < 1.29 is 9.59 Å². The Kier molecular flexibility index (Phi) is 5.46. The summed E-state index contributed by atoms with van der Waals surface area (Å²) in [6.45, 7) is 0.528. The Balaban J connectivity index is 1.67. The molecular weight excluding hydrogens is 361 g/mol. The number of urea groups is 1. The van der Waals surface area contributed by atoms with Gasteiger partial charge in [-0.25, -0.2) is 4.79 Å². The van der Waals surface area contributed by atoms with E-state index < -0.39 is 6.04 Å². The van der Waals surface area contributed by atoms with Crippen molar-refractivity contribution in [2.24, 2.45) is 0 Å². The predicted octanol–water partition coefficient (Wildman–Crippen LogP) is 4.63. The maximum Gasteiger partial charge on any atom is 0.322 e. The molecule has 2 aromatic rings. The first-order valence-corrected chi connectivity index (χ1v) is 8.68. The predicted molar refractivity (Wildman–Crippen MR) is 100 cm³/mol. The van der Waals surface area contributed by atoms with Crippen LogP contribution in [0.15, 0.2) is 48.5 Å². The minimum atomic E-state index is -0.516. The monoisotopic (exact) mass is 377 g/mol. The van der Waals surface area contributed by atoms with Gasteiger partial charge in [-0.05, 0) is 49.2 Å². The van der Waals surface area contributed by atoms with Gasteiger partial charge in [-0.15, -0.1) is 0 Å². The number of benzene rings is 2. The van der Waals surface area contributed by atoms with Crippen molar-refractivity contribution in [1.82, 2.24) is 4.90 Å². The van der Waals surface area contributed by atoms with E-state index in [1.807, 2.05) is 0 Å². The number of halogens is 2. The molecule has 25 heavy (non-hydrogen) atoms. The van der Waals surface area contributed by atoms with Crippen molar-refractivity contribution in [2.45, 2.75) is 18.9 Å². The van der Waals surface area contributed by atoms with Crippen molar-refractivity contribution in [1.29, 1.82) is 0 Å². The first kappa shape index (κ1) is 17.6. The molecule has 0 saturated carbocycles. The molecule has 3 amide bonds. The molecule has 130 valence electrons. The second-order valence-electron chi connectivity index (χ2n) is 5.79. The number of anilines is 2. The van der Waals surface area contributed by atoms with Gasteiger partial charge < -0.3 is 15.5 Å². The van der Waals surface area contributed by atoms with Gasteiger partial charge in [0.15, 0.2) is 0 Å². The van der Waals surface area contributed by atoms with E-state index in [2.05, 4.69) is 10.6 Å². The third-order valence-electron chi connectivity index (χ3n) is 3.98. The zero-order valence-corrected chi connectivity index (χ0v) is 14.8. The number of hydrogen-bond acceptors (Lipinski definition) is 2. The summed E-state index contributed by atoms with van der Waals surface area (Å²) in [4.78, 5) is 26.6. The topological polar surface area (TPSA) is 61.4 Å². The van der Waals surface area contributed by atoms with Gasteiger partial charge in [-0.3, -0.25) is 4.79 Å². The number of nitrogens with one attached hydrogen (secondary N) is 2. The van der Waals surface area contributed by atoms with Crippen molar-refractivity contribution in [3.8, 4) is 0 Å². The van der Waals surface area contributed by atoms with Crippen LogP contribution < -0.4 is 10.6 Å². The number of likely N-dealkylation sites (tertiary alicyclic amines) is 1. The second kappa shape index (κ2) is 7.76. The van der Waals surface area contributed by atoms with Gasteiger partial charge in [0.2, 0.25) is 5.91 Å².